The number of hydrogen-bond acceptors (Lipinski definition) is 5. The highest BCUT2D eigenvalue weighted by atomic mass is 16.5. The maximum atomic E-state index is 12.0. The van der Waals surface area contributed by atoms with Crippen LogP contribution in [-0.4, -0.2) is 24.1 Å². The Bertz CT molecular complexity index is 749. The third kappa shape index (κ3) is 4.19. The van der Waals surface area contributed by atoms with Crippen LogP contribution in [-0.2, 0) is 4.79 Å². The second-order valence-corrected chi connectivity index (χ2v) is 4.78. The first-order valence-electron chi connectivity index (χ1n) is 6.88. The number of aryl methyl sites for hydroxylation is 1. The summed E-state index contributed by atoms with van der Waals surface area (Å²) < 4.78 is 10.4. The first kappa shape index (κ1) is 16.3. The van der Waals surface area contributed by atoms with E-state index < -0.39 is 5.91 Å². The number of nitrogens with two attached hydrogens (primary N) is 1. The Labute approximate surface area is 133 Å². The van der Waals surface area contributed by atoms with Gasteiger partial charge in [-0.1, -0.05) is 12.1 Å². The molecule has 3 N–H and O–H groups in total. The van der Waals surface area contributed by atoms with Crippen LogP contribution >= 0.6 is 0 Å². The van der Waals surface area contributed by atoms with E-state index in [2.05, 4.69) is 10.5 Å². The number of hydrogen-bond donors (Lipinski definition) is 2. The molecule has 0 atom stereocenters. The number of rotatable bonds is 6. The summed E-state index contributed by atoms with van der Waals surface area (Å²) in [6.07, 6.45) is 1.44. The largest absolute Gasteiger partial charge is 0.483 e. The average Bonchev–Trinajstić information content (AvgIpc) is 2.96. The molecule has 1 aromatic heterocycles. The normalized spacial score (nSPS) is 11.1. The number of furan rings is 1. The lowest BCUT2D eigenvalue weighted by atomic mass is 10.1. The molecule has 7 heteroatoms. The van der Waals surface area contributed by atoms with Crippen molar-refractivity contribution in [1.29, 1.82) is 0 Å². The number of benzene rings is 1. The van der Waals surface area contributed by atoms with Gasteiger partial charge in [0.05, 0.1) is 17.5 Å². The summed E-state index contributed by atoms with van der Waals surface area (Å²) in [5, 5.41) is 4.06. The molecule has 120 valence electrons. The fourth-order valence-corrected chi connectivity index (χ4v) is 1.92. The number of amides is 2. The smallest absolute Gasteiger partial charge is 0.274 e. The van der Waals surface area contributed by atoms with Crippen molar-refractivity contribution >= 4 is 17.5 Å². The monoisotopic (exact) mass is 315 g/mol. The van der Waals surface area contributed by atoms with Crippen LogP contribution in [0.4, 0.5) is 0 Å². The molecular weight excluding hydrogens is 298 g/mol. The number of para-hydroxylation sites is 1. The standard InChI is InChI=1S/C16H17N3O4/c1-10(18-19-16(21)13-7-8-22-11(13)2)12-5-3-4-6-14(12)23-9-15(17)20/h3-8H,9H2,1-2H3,(H2,17,20)(H,19,21). The van der Waals surface area contributed by atoms with Gasteiger partial charge in [0.15, 0.2) is 6.61 Å². The Hall–Kier alpha value is -3.09. The first-order valence-corrected chi connectivity index (χ1v) is 6.88. The highest BCUT2D eigenvalue weighted by molar-refractivity contribution is 6.02. The zero-order valence-corrected chi connectivity index (χ0v) is 12.8. The summed E-state index contributed by atoms with van der Waals surface area (Å²) in [7, 11) is 0. The van der Waals surface area contributed by atoms with Crippen molar-refractivity contribution in [3.05, 3.63) is 53.5 Å². The molecule has 2 aromatic rings. The SMILES string of the molecule is CC(=NNC(=O)c1ccoc1C)c1ccccc1OCC(N)=O. The third-order valence-corrected chi connectivity index (χ3v) is 3.08. The number of nitrogens with zero attached hydrogens (tertiary/aromatic N) is 1. The summed E-state index contributed by atoms with van der Waals surface area (Å²) in [5.41, 5.74) is 9.13. The van der Waals surface area contributed by atoms with E-state index in [0.717, 1.165) is 0 Å². The second kappa shape index (κ2) is 7.26. The van der Waals surface area contributed by atoms with E-state index in [1.807, 2.05) is 0 Å². The van der Waals surface area contributed by atoms with Gasteiger partial charge < -0.3 is 14.9 Å². The van der Waals surface area contributed by atoms with Gasteiger partial charge in [-0.2, -0.15) is 5.10 Å². The zero-order chi connectivity index (χ0) is 16.8. The Kier molecular flexibility index (Phi) is 5.14. The highest BCUT2D eigenvalue weighted by Gasteiger charge is 2.12. The van der Waals surface area contributed by atoms with Crippen LogP contribution < -0.4 is 15.9 Å². The molecule has 0 aliphatic rings. The van der Waals surface area contributed by atoms with Crippen molar-refractivity contribution in [2.24, 2.45) is 10.8 Å². The lowest BCUT2D eigenvalue weighted by Crippen LogP contribution is -2.21. The predicted molar refractivity (Wildman–Crippen MR) is 84.3 cm³/mol. The molecule has 0 radical (unpaired) electrons. The maximum absolute atomic E-state index is 12.0. The Morgan fingerprint density at radius 2 is 2.00 bits per heavy atom. The number of primary amides is 1. The fourth-order valence-electron chi connectivity index (χ4n) is 1.92. The van der Waals surface area contributed by atoms with Crippen LogP contribution in [0.5, 0.6) is 5.75 Å². The van der Waals surface area contributed by atoms with Crippen LogP contribution in [0.1, 0.15) is 28.6 Å². The van der Waals surface area contributed by atoms with Crippen molar-refractivity contribution in [2.45, 2.75) is 13.8 Å². The van der Waals surface area contributed by atoms with Gasteiger partial charge in [-0.3, -0.25) is 9.59 Å². The van der Waals surface area contributed by atoms with Crippen LogP contribution in [0.3, 0.4) is 0 Å². The molecular formula is C16H17N3O4. The van der Waals surface area contributed by atoms with Gasteiger partial charge in [0.25, 0.3) is 11.8 Å². The molecule has 0 unspecified atom stereocenters. The van der Waals surface area contributed by atoms with Crippen molar-refractivity contribution in [1.82, 2.24) is 5.43 Å². The number of nitrogens with one attached hydrogen (secondary N) is 1. The van der Waals surface area contributed by atoms with Gasteiger partial charge in [0, 0.05) is 5.56 Å². The molecule has 2 amide bonds. The predicted octanol–water partition coefficient (Wildman–Crippen LogP) is 1.61. The fraction of sp³-hybridized carbons (Fsp3) is 0.188. The van der Waals surface area contributed by atoms with Gasteiger partial charge in [-0.25, -0.2) is 5.43 Å². The third-order valence-electron chi connectivity index (χ3n) is 3.08. The number of carbonyl (C=O) groups is 2. The average molecular weight is 315 g/mol. The van der Waals surface area contributed by atoms with Crippen molar-refractivity contribution in [2.75, 3.05) is 6.61 Å². The Morgan fingerprint density at radius 1 is 1.26 bits per heavy atom. The van der Waals surface area contributed by atoms with Crippen LogP contribution in [0.15, 0.2) is 46.1 Å². The van der Waals surface area contributed by atoms with E-state index in [-0.39, 0.29) is 12.5 Å². The minimum atomic E-state index is -0.571. The summed E-state index contributed by atoms with van der Waals surface area (Å²) in [4.78, 5) is 22.8. The van der Waals surface area contributed by atoms with Gasteiger partial charge in [0.1, 0.15) is 11.5 Å². The summed E-state index contributed by atoms with van der Waals surface area (Å²) in [6.45, 7) is 3.18. The minimum absolute atomic E-state index is 0.231. The number of carbonyl (C=O) groups excluding carboxylic acids is 2. The Morgan fingerprint density at radius 3 is 2.65 bits per heavy atom. The molecule has 1 aromatic carbocycles. The van der Waals surface area contributed by atoms with Gasteiger partial charge in [-0.15, -0.1) is 0 Å². The highest BCUT2D eigenvalue weighted by Crippen LogP contribution is 2.18. The van der Waals surface area contributed by atoms with E-state index in [1.165, 1.54) is 6.26 Å². The molecule has 0 aliphatic carbocycles. The molecule has 0 saturated carbocycles. The summed E-state index contributed by atoms with van der Waals surface area (Å²) >= 11 is 0. The molecule has 0 fully saturated rings. The van der Waals surface area contributed by atoms with E-state index >= 15 is 0 Å². The quantitative estimate of drug-likeness (QED) is 0.623. The molecule has 0 bridgehead atoms. The minimum Gasteiger partial charge on any atom is -0.483 e. The van der Waals surface area contributed by atoms with Gasteiger partial charge in [0.2, 0.25) is 0 Å². The van der Waals surface area contributed by atoms with Crippen LogP contribution in [0, 0.1) is 6.92 Å². The topological polar surface area (TPSA) is 107 Å². The molecule has 0 saturated heterocycles. The second-order valence-electron chi connectivity index (χ2n) is 4.78. The summed E-state index contributed by atoms with van der Waals surface area (Å²) in [5.74, 6) is 0.0334. The van der Waals surface area contributed by atoms with Crippen LogP contribution in [0.2, 0.25) is 0 Å². The lowest BCUT2D eigenvalue weighted by molar-refractivity contribution is -0.119. The summed E-state index contributed by atoms with van der Waals surface area (Å²) in [6, 6.07) is 8.59. The van der Waals surface area contributed by atoms with Crippen LogP contribution in [0.25, 0.3) is 0 Å². The van der Waals surface area contributed by atoms with Crippen molar-refractivity contribution in [3.63, 3.8) is 0 Å². The van der Waals surface area contributed by atoms with Gasteiger partial charge in [-0.05, 0) is 32.0 Å². The number of ether oxygens (including phenoxy) is 1. The van der Waals surface area contributed by atoms with E-state index in [4.69, 9.17) is 14.9 Å². The van der Waals surface area contributed by atoms with E-state index in [0.29, 0.717) is 28.3 Å². The maximum Gasteiger partial charge on any atom is 0.274 e. The van der Waals surface area contributed by atoms with E-state index in [1.54, 1.807) is 44.2 Å². The van der Waals surface area contributed by atoms with Crippen molar-refractivity contribution in [3.8, 4) is 5.75 Å². The first-order chi connectivity index (χ1) is 11.0. The number of hydrazone groups is 1. The zero-order valence-electron chi connectivity index (χ0n) is 12.8. The molecule has 7 nitrogen and oxygen atoms in total. The molecule has 1 heterocycles. The van der Waals surface area contributed by atoms with E-state index in [9.17, 15) is 9.59 Å². The van der Waals surface area contributed by atoms with Gasteiger partial charge >= 0.3 is 0 Å². The lowest BCUT2D eigenvalue weighted by Gasteiger charge is -2.10. The molecule has 0 aliphatic heterocycles. The molecule has 2 rings (SSSR count). The van der Waals surface area contributed by atoms with Crippen molar-refractivity contribution < 1.29 is 18.7 Å². The Balaban J connectivity index is 2.13. The molecule has 23 heavy (non-hydrogen) atoms. The molecule has 0 spiro atoms.